The van der Waals surface area contributed by atoms with Gasteiger partial charge in [-0.15, -0.1) is 35.3 Å². The summed E-state index contributed by atoms with van der Waals surface area (Å²) in [6, 6.07) is 4.28. The van der Waals surface area contributed by atoms with Crippen LogP contribution in [0.5, 0.6) is 0 Å². The van der Waals surface area contributed by atoms with Gasteiger partial charge < -0.3 is 19.7 Å². The molecule has 0 radical (unpaired) electrons. The maximum atomic E-state index is 5.64. The Balaban J connectivity index is 0.00000264. The molecule has 23 heavy (non-hydrogen) atoms. The fraction of sp³-hybridized carbons (Fsp3) is 0.688. The van der Waals surface area contributed by atoms with Crippen molar-refractivity contribution in [2.75, 3.05) is 53.6 Å². The van der Waals surface area contributed by atoms with Gasteiger partial charge in [-0.25, -0.2) is 0 Å². The molecule has 1 N–H and O–H groups in total. The van der Waals surface area contributed by atoms with Crippen molar-refractivity contribution >= 4 is 41.3 Å². The van der Waals surface area contributed by atoms with Crippen molar-refractivity contribution in [1.82, 2.24) is 10.2 Å². The molecule has 1 aromatic heterocycles. The van der Waals surface area contributed by atoms with Gasteiger partial charge in [-0.1, -0.05) is 6.07 Å². The van der Waals surface area contributed by atoms with Crippen molar-refractivity contribution in [1.29, 1.82) is 0 Å². The van der Waals surface area contributed by atoms with E-state index >= 15 is 0 Å². The topological polar surface area (TPSA) is 46.1 Å². The number of likely N-dealkylation sites (tertiary alicyclic amines) is 1. The van der Waals surface area contributed by atoms with E-state index in [4.69, 9.17) is 9.47 Å². The van der Waals surface area contributed by atoms with E-state index in [0.717, 1.165) is 38.6 Å². The molecule has 2 heterocycles. The van der Waals surface area contributed by atoms with E-state index in [-0.39, 0.29) is 24.0 Å². The summed E-state index contributed by atoms with van der Waals surface area (Å²) in [5, 5.41) is 5.59. The highest BCUT2D eigenvalue weighted by molar-refractivity contribution is 14.0. The number of ether oxygens (including phenoxy) is 2. The van der Waals surface area contributed by atoms with Crippen LogP contribution in [0.1, 0.15) is 11.3 Å². The molecule has 1 aliphatic rings. The summed E-state index contributed by atoms with van der Waals surface area (Å²) >= 11 is 1.81. The molecule has 1 atom stereocenters. The minimum absolute atomic E-state index is 0. The minimum atomic E-state index is 0. The summed E-state index contributed by atoms with van der Waals surface area (Å²) in [4.78, 5) is 8.15. The van der Waals surface area contributed by atoms with E-state index in [1.54, 1.807) is 7.11 Å². The lowest BCUT2D eigenvalue weighted by molar-refractivity contribution is 0.0536. The van der Waals surface area contributed by atoms with Crippen LogP contribution < -0.4 is 5.32 Å². The lowest BCUT2D eigenvalue weighted by Crippen LogP contribution is -2.41. The smallest absolute Gasteiger partial charge is 0.193 e. The van der Waals surface area contributed by atoms with Crippen LogP contribution in [0.2, 0.25) is 0 Å². The van der Waals surface area contributed by atoms with Crippen LogP contribution >= 0.6 is 35.3 Å². The van der Waals surface area contributed by atoms with Gasteiger partial charge in [0.1, 0.15) is 0 Å². The van der Waals surface area contributed by atoms with E-state index in [1.807, 2.05) is 18.4 Å². The Hall–Kier alpha value is -0.380. The van der Waals surface area contributed by atoms with Crippen LogP contribution in [0, 0.1) is 5.92 Å². The van der Waals surface area contributed by atoms with Crippen LogP contribution in [-0.2, 0) is 15.9 Å². The zero-order valence-corrected chi connectivity index (χ0v) is 17.1. The van der Waals surface area contributed by atoms with E-state index in [9.17, 15) is 0 Å². The van der Waals surface area contributed by atoms with Crippen LogP contribution in [0.15, 0.2) is 22.5 Å². The second-order valence-electron chi connectivity index (χ2n) is 5.47. The average Bonchev–Trinajstić information content (AvgIpc) is 3.20. The molecule has 0 saturated carbocycles. The first-order valence-electron chi connectivity index (χ1n) is 7.88. The third kappa shape index (κ3) is 7.36. The number of rotatable bonds is 8. The molecule has 1 aliphatic heterocycles. The number of methoxy groups -OCH3 is 1. The van der Waals surface area contributed by atoms with Gasteiger partial charge in [0.15, 0.2) is 5.96 Å². The lowest BCUT2D eigenvalue weighted by atomic mass is 10.1. The number of aliphatic imine (C=N–C) groups is 1. The molecule has 0 spiro atoms. The highest BCUT2D eigenvalue weighted by Gasteiger charge is 2.24. The second-order valence-corrected chi connectivity index (χ2v) is 6.50. The Kier molecular flexibility index (Phi) is 10.8. The SMILES string of the molecule is CN=C(NCCc1cccs1)N1CCC(COCCOC)C1.I. The molecule has 2 rings (SSSR count). The summed E-state index contributed by atoms with van der Waals surface area (Å²) in [7, 11) is 3.56. The Morgan fingerprint density at radius 1 is 1.48 bits per heavy atom. The highest BCUT2D eigenvalue weighted by atomic mass is 127. The summed E-state index contributed by atoms with van der Waals surface area (Å²) in [6.07, 6.45) is 2.21. The molecule has 0 amide bonds. The average molecular weight is 453 g/mol. The molecule has 0 aromatic carbocycles. The van der Waals surface area contributed by atoms with Crippen LogP contribution in [0.4, 0.5) is 0 Å². The number of halogens is 1. The molecule has 7 heteroatoms. The zero-order valence-electron chi connectivity index (χ0n) is 14.0. The van der Waals surface area contributed by atoms with Crippen molar-refractivity contribution < 1.29 is 9.47 Å². The molecule has 132 valence electrons. The largest absolute Gasteiger partial charge is 0.382 e. The van der Waals surface area contributed by atoms with Crippen molar-refractivity contribution in [3.05, 3.63) is 22.4 Å². The highest BCUT2D eigenvalue weighted by Crippen LogP contribution is 2.16. The Morgan fingerprint density at radius 3 is 3.04 bits per heavy atom. The number of guanidine groups is 1. The first-order valence-corrected chi connectivity index (χ1v) is 8.76. The van der Waals surface area contributed by atoms with Gasteiger partial charge in [0.25, 0.3) is 0 Å². The van der Waals surface area contributed by atoms with E-state index in [0.29, 0.717) is 19.1 Å². The Labute approximate surface area is 160 Å². The van der Waals surface area contributed by atoms with Crippen molar-refractivity contribution in [3.8, 4) is 0 Å². The third-order valence-corrected chi connectivity index (χ3v) is 4.75. The van der Waals surface area contributed by atoms with E-state index < -0.39 is 0 Å². The predicted octanol–water partition coefficient (Wildman–Crippen LogP) is 2.47. The molecule has 1 saturated heterocycles. The number of nitrogens with one attached hydrogen (secondary N) is 1. The lowest BCUT2D eigenvalue weighted by Gasteiger charge is -2.21. The number of thiophene rings is 1. The second kappa shape index (κ2) is 12.0. The zero-order chi connectivity index (χ0) is 15.6. The van der Waals surface area contributed by atoms with Crippen molar-refractivity contribution in [2.24, 2.45) is 10.9 Å². The molecule has 5 nitrogen and oxygen atoms in total. The third-order valence-electron chi connectivity index (χ3n) is 3.82. The van der Waals surface area contributed by atoms with Crippen LogP contribution in [0.25, 0.3) is 0 Å². The summed E-state index contributed by atoms with van der Waals surface area (Å²) in [5.41, 5.74) is 0. The maximum absolute atomic E-state index is 5.64. The maximum Gasteiger partial charge on any atom is 0.193 e. The molecule has 1 fully saturated rings. The van der Waals surface area contributed by atoms with Crippen LogP contribution in [0.3, 0.4) is 0 Å². The molecule has 1 unspecified atom stereocenters. The standard InChI is InChI=1S/C16H27N3O2S.HI/c1-17-16(18-7-5-15-4-3-11-22-15)19-8-6-14(12-19)13-21-10-9-20-2;/h3-4,11,14H,5-10,12-13H2,1-2H3,(H,17,18);1H. The summed E-state index contributed by atoms with van der Waals surface area (Å²) in [5.74, 6) is 1.60. The Bertz CT molecular complexity index is 443. The Morgan fingerprint density at radius 2 is 2.35 bits per heavy atom. The van der Waals surface area contributed by atoms with Crippen LogP contribution in [-0.4, -0.2) is 64.5 Å². The molecule has 0 aliphatic carbocycles. The first-order chi connectivity index (χ1) is 10.8. The molecular formula is C16H28IN3O2S. The molecular weight excluding hydrogens is 425 g/mol. The van der Waals surface area contributed by atoms with Gasteiger partial charge >= 0.3 is 0 Å². The predicted molar refractivity (Wildman–Crippen MR) is 107 cm³/mol. The number of hydrogen-bond acceptors (Lipinski definition) is 4. The van der Waals surface area contributed by atoms with E-state index in [1.165, 1.54) is 11.3 Å². The van der Waals surface area contributed by atoms with Gasteiger partial charge in [-0.2, -0.15) is 0 Å². The first kappa shape index (κ1) is 20.7. The van der Waals surface area contributed by atoms with Gasteiger partial charge in [-0.3, -0.25) is 4.99 Å². The minimum Gasteiger partial charge on any atom is -0.382 e. The fourth-order valence-electron chi connectivity index (χ4n) is 2.64. The van der Waals surface area contributed by atoms with E-state index in [2.05, 4.69) is 32.7 Å². The van der Waals surface area contributed by atoms with Gasteiger partial charge in [0.2, 0.25) is 0 Å². The quantitative estimate of drug-likeness (QED) is 0.284. The summed E-state index contributed by atoms with van der Waals surface area (Å²) < 4.78 is 10.6. The van der Waals surface area contributed by atoms with Gasteiger partial charge in [0.05, 0.1) is 19.8 Å². The molecule has 1 aromatic rings. The summed E-state index contributed by atoms with van der Waals surface area (Å²) in [6.45, 7) is 5.16. The van der Waals surface area contributed by atoms with Crippen molar-refractivity contribution in [3.63, 3.8) is 0 Å². The fourth-order valence-corrected chi connectivity index (χ4v) is 3.35. The van der Waals surface area contributed by atoms with Gasteiger partial charge in [0, 0.05) is 44.6 Å². The normalized spacial score (nSPS) is 18.1. The number of nitrogens with zero attached hydrogens (tertiary/aromatic N) is 2. The van der Waals surface area contributed by atoms with Gasteiger partial charge in [-0.05, 0) is 24.3 Å². The van der Waals surface area contributed by atoms with Crippen molar-refractivity contribution in [2.45, 2.75) is 12.8 Å². The monoisotopic (exact) mass is 453 g/mol. The number of hydrogen-bond donors (Lipinski definition) is 1. The molecule has 0 bridgehead atoms.